The van der Waals surface area contributed by atoms with Gasteiger partial charge in [-0.1, -0.05) is 0 Å². The minimum Gasteiger partial charge on any atom is -0.320 e. The van der Waals surface area contributed by atoms with E-state index in [2.05, 4.69) is 0 Å². The van der Waals surface area contributed by atoms with Crippen LogP contribution in [0.5, 0.6) is 0 Å². The van der Waals surface area contributed by atoms with Crippen molar-refractivity contribution in [3.05, 3.63) is 0 Å². The minimum atomic E-state index is -5.65. The van der Waals surface area contributed by atoms with Crippen molar-refractivity contribution in [1.82, 2.24) is 0 Å². The Kier molecular flexibility index (Phi) is 6.76. The van der Waals surface area contributed by atoms with Crippen LogP contribution in [0.15, 0.2) is 0 Å². The van der Waals surface area contributed by atoms with Crippen LogP contribution < -0.4 is 4.90 Å². The Bertz CT molecular complexity index is 458. The summed E-state index contributed by atoms with van der Waals surface area (Å²) in [6, 6.07) is 0. The van der Waals surface area contributed by atoms with Crippen LogP contribution in [-0.4, -0.2) is 56.7 Å². The van der Waals surface area contributed by atoms with Crippen molar-refractivity contribution in [1.29, 1.82) is 0 Å². The maximum atomic E-state index is 11.2. The van der Waals surface area contributed by atoms with Crippen molar-refractivity contribution in [2.24, 2.45) is 0 Å². The van der Waals surface area contributed by atoms with Gasteiger partial charge in [-0.2, -0.15) is 0 Å². The van der Waals surface area contributed by atoms with Crippen LogP contribution in [0.1, 0.15) is 6.92 Å². The van der Waals surface area contributed by atoms with Crippen molar-refractivity contribution in [2.45, 2.75) is 18.0 Å². The summed E-state index contributed by atoms with van der Waals surface area (Å²) in [4.78, 5) is 70.6. The predicted molar refractivity (Wildman–Crippen MR) is 67.3 cm³/mol. The van der Waals surface area contributed by atoms with Gasteiger partial charge in [0, 0.05) is 0 Å². The smallest absolute Gasteiger partial charge is 0.320 e. The van der Waals surface area contributed by atoms with Crippen molar-refractivity contribution >= 4 is 30.4 Å². The highest BCUT2D eigenvalue weighted by Gasteiger charge is 2.61. The molecule has 13 nitrogen and oxygen atoms in total. The lowest BCUT2D eigenvalue weighted by molar-refractivity contribution is -0.900. The quantitative estimate of drug-likeness (QED) is 0.199. The summed E-state index contributed by atoms with van der Waals surface area (Å²) in [7, 11) is -22.6. The van der Waals surface area contributed by atoms with E-state index < -0.39 is 52.9 Å². The van der Waals surface area contributed by atoms with E-state index in [1.807, 2.05) is 0 Å². The molecule has 17 heteroatoms. The zero-order chi connectivity index (χ0) is 17.4. The van der Waals surface area contributed by atoms with Gasteiger partial charge in [-0.25, -0.2) is 0 Å². The third-order valence-electron chi connectivity index (χ3n) is 2.35. The molecule has 0 aromatic carbocycles. The van der Waals surface area contributed by atoms with Crippen LogP contribution in [0, 0.1) is 0 Å². The molecule has 0 bridgehead atoms. The van der Waals surface area contributed by atoms with E-state index in [1.165, 1.54) is 0 Å². The molecule has 0 saturated carbocycles. The normalized spacial score (nSPS) is 15.2. The van der Waals surface area contributed by atoms with Crippen LogP contribution in [0.4, 0.5) is 0 Å². The number of nitrogens with one attached hydrogen (secondary N) is 1. The molecule has 0 rings (SSSR count). The van der Waals surface area contributed by atoms with Crippen LogP contribution >= 0.6 is 30.4 Å². The number of hydrogen-bond acceptors (Lipinski definition) is 4. The third kappa shape index (κ3) is 5.93. The van der Waals surface area contributed by atoms with Gasteiger partial charge in [0.05, 0.1) is 6.54 Å². The second-order valence-electron chi connectivity index (χ2n) is 4.03. The molecule has 21 heavy (non-hydrogen) atoms. The summed E-state index contributed by atoms with van der Waals surface area (Å²) in [6.07, 6.45) is 0. The van der Waals surface area contributed by atoms with Gasteiger partial charge < -0.3 is 39.1 Å². The zero-order valence-electron chi connectivity index (χ0n) is 10.4. The molecule has 0 aromatic heterocycles. The number of rotatable bonds is 7. The fraction of sp³-hybridized carbons (Fsp3) is 1.00. The maximum absolute atomic E-state index is 11.2. The Labute approximate surface area is 118 Å². The second kappa shape index (κ2) is 6.59. The third-order valence-corrected chi connectivity index (χ3v) is 9.83. The zero-order valence-corrected chi connectivity index (χ0v) is 13.9. The molecule has 0 unspecified atom stereocenters. The Hall–Kier alpha value is 0.560. The van der Waals surface area contributed by atoms with Gasteiger partial charge >= 0.3 is 30.4 Å². The van der Waals surface area contributed by atoms with Crippen LogP contribution in [0.2, 0.25) is 0 Å². The Morgan fingerprint density at radius 2 is 0.857 bits per heavy atom. The average molecular weight is 394 g/mol. The summed E-state index contributed by atoms with van der Waals surface area (Å²) in [5.41, 5.74) is -6.03. The second-order valence-corrected chi connectivity index (χ2v) is 11.6. The van der Waals surface area contributed by atoms with E-state index in [0.29, 0.717) is 0 Å². The Morgan fingerprint density at radius 3 is 0.952 bits per heavy atom. The van der Waals surface area contributed by atoms with Crippen LogP contribution in [0.3, 0.4) is 0 Å². The van der Waals surface area contributed by atoms with E-state index in [1.54, 1.807) is 0 Å². The van der Waals surface area contributed by atoms with E-state index in [-0.39, 0.29) is 0 Å². The van der Waals surface area contributed by atoms with Crippen molar-refractivity contribution in [3.63, 3.8) is 0 Å². The first-order valence-electron chi connectivity index (χ1n) is 5.00. The SMILES string of the molecule is CC[NH+](C(P(=O)(O)O)P(=O)(O)O)C(P(=O)(O)O)P(=O)(O)O. The van der Waals surface area contributed by atoms with Gasteiger partial charge in [0.25, 0.3) is 11.0 Å². The highest BCUT2D eigenvalue weighted by Crippen LogP contribution is 2.61. The van der Waals surface area contributed by atoms with Crippen molar-refractivity contribution in [3.8, 4) is 0 Å². The lowest BCUT2D eigenvalue weighted by Gasteiger charge is -2.34. The molecular weight excluding hydrogens is 378 g/mol. The summed E-state index contributed by atoms with van der Waals surface area (Å²) >= 11 is 0. The molecule has 0 aliphatic carbocycles. The highest BCUT2D eigenvalue weighted by molar-refractivity contribution is 7.71. The molecule has 9 N–H and O–H groups in total. The summed E-state index contributed by atoms with van der Waals surface area (Å²) in [6.45, 7) is 0.216. The molecular formula is C4H16NO12P4+. The van der Waals surface area contributed by atoms with Gasteiger partial charge in [0.1, 0.15) is 0 Å². The molecule has 0 atom stereocenters. The lowest BCUT2D eigenvalue weighted by atomic mass is 10.7. The van der Waals surface area contributed by atoms with Crippen molar-refractivity contribution < 1.29 is 62.3 Å². The first-order chi connectivity index (χ1) is 8.94. The molecule has 0 aliphatic rings. The molecule has 0 heterocycles. The predicted octanol–water partition coefficient (Wildman–Crippen LogP) is -2.83. The topological polar surface area (TPSA) is 235 Å². The first-order valence-corrected chi connectivity index (χ1v) is 11.7. The summed E-state index contributed by atoms with van der Waals surface area (Å²) < 4.78 is 44.8. The molecule has 0 aromatic rings. The summed E-state index contributed by atoms with van der Waals surface area (Å²) in [5, 5.41) is 0. The van der Waals surface area contributed by atoms with Crippen molar-refractivity contribution in [2.75, 3.05) is 6.54 Å². The van der Waals surface area contributed by atoms with Gasteiger partial charge in [0.15, 0.2) is 0 Å². The molecule has 0 amide bonds. The Balaban J connectivity index is 6.30. The summed E-state index contributed by atoms with van der Waals surface area (Å²) in [5.74, 6) is 0. The van der Waals surface area contributed by atoms with Gasteiger partial charge in [-0.05, 0) is 6.92 Å². The van der Waals surface area contributed by atoms with E-state index >= 15 is 0 Å². The van der Waals surface area contributed by atoms with Crippen LogP contribution in [-0.2, 0) is 18.3 Å². The number of quaternary nitrogens is 1. The van der Waals surface area contributed by atoms with Crippen LogP contribution in [0.25, 0.3) is 0 Å². The highest BCUT2D eigenvalue weighted by atomic mass is 31.2. The van der Waals surface area contributed by atoms with Gasteiger partial charge in [-0.3, -0.25) is 23.2 Å². The minimum absolute atomic E-state index is 0.776. The number of hydrogen-bond donors (Lipinski definition) is 9. The monoisotopic (exact) mass is 394 g/mol. The van der Waals surface area contributed by atoms with E-state index in [0.717, 1.165) is 6.92 Å². The molecule has 0 saturated heterocycles. The fourth-order valence-corrected chi connectivity index (χ4v) is 8.41. The van der Waals surface area contributed by atoms with E-state index in [9.17, 15) is 18.3 Å². The largest absolute Gasteiger partial charge is 0.395 e. The average Bonchev–Trinajstić information content (AvgIpc) is 2.06. The first kappa shape index (κ1) is 21.6. The van der Waals surface area contributed by atoms with Gasteiger partial charge in [0.2, 0.25) is 0 Å². The molecule has 0 spiro atoms. The molecule has 128 valence electrons. The standard InChI is InChI=1S/C4H15NO12P4/c1-2-5(3(18(6,7)8)19(9,10)11)4(20(12,13)14)21(15,16)17/h3-4H,2H2,1H3,(H2,6,7,8)(H2,9,10,11)(H2,12,13,14)(H2,15,16,17)/p+1. The Morgan fingerprint density at radius 1 is 0.667 bits per heavy atom. The molecule has 0 radical (unpaired) electrons. The molecule has 0 aliphatic heterocycles. The molecule has 0 fully saturated rings. The van der Waals surface area contributed by atoms with E-state index in [4.69, 9.17) is 39.1 Å². The lowest BCUT2D eigenvalue weighted by Crippen LogP contribution is -3.18. The maximum Gasteiger partial charge on any atom is 0.395 e. The van der Waals surface area contributed by atoms with Gasteiger partial charge in [-0.15, -0.1) is 0 Å². The fourth-order valence-electron chi connectivity index (χ4n) is 1.75.